The SMILES string of the molecule is C[C@]12CCC(=O)C=C1CC[C@@H]1[C@@H]2[C@H](O)C[C@@]2(C)[C@H]1CC[C@@]2(O)[C@H](O)CO. The minimum absolute atomic E-state index is 0.0993. The molecular formula is C21H32O5. The Bertz CT molecular complexity index is 644. The van der Waals surface area contributed by atoms with Crippen molar-refractivity contribution in [1.82, 2.24) is 0 Å². The molecule has 0 aromatic heterocycles. The van der Waals surface area contributed by atoms with Crippen LogP contribution in [0.15, 0.2) is 11.6 Å². The second-order valence-corrected chi connectivity index (χ2v) is 9.74. The van der Waals surface area contributed by atoms with E-state index in [4.69, 9.17) is 0 Å². The van der Waals surface area contributed by atoms with Gasteiger partial charge in [-0.2, -0.15) is 0 Å². The van der Waals surface area contributed by atoms with Crippen LogP contribution in [0.3, 0.4) is 0 Å². The van der Waals surface area contributed by atoms with Gasteiger partial charge in [-0.1, -0.05) is 19.4 Å². The van der Waals surface area contributed by atoms with Crippen molar-refractivity contribution in [1.29, 1.82) is 0 Å². The molecule has 0 amide bonds. The molecule has 4 aliphatic carbocycles. The number of hydrogen-bond acceptors (Lipinski definition) is 5. The van der Waals surface area contributed by atoms with Crippen molar-refractivity contribution in [2.75, 3.05) is 6.61 Å². The maximum absolute atomic E-state index is 11.9. The van der Waals surface area contributed by atoms with Gasteiger partial charge in [0.15, 0.2) is 5.78 Å². The van der Waals surface area contributed by atoms with Crippen LogP contribution in [0.5, 0.6) is 0 Å². The molecule has 0 heterocycles. The summed E-state index contributed by atoms with van der Waals surface area (Å²) >= 11 is 0. The summed E-state index contributed by atoms with van der Waals surface area (Å²) in [6.07, 6.45) is 4.92. The van der Waals surface area contributed by atoms with Crippen molar-refractivity contribution in [2.45, 2.75) is 76.6 Å². The quantitative estimate of drug-likeness (QED) is 0.596. The second-order valence-electron chi connectivity index (χ2n) is 9.74. The smallest absolute Gasteiger partial charge is 0.155 e. The molecule has 3 fully saturated rings. The lowest BCUT2D eigenvalue weighted by Gasteiger charge is -2.61. The van der Waals surface area contributed by atoms with Crippen molar-refractivity contribution in [3.05, 3.63) is 11.6 Å². The third-order valence-corrected chi connectivity index (χ3v) is 8.84. The summed E-state index contributed by atoms with van der Waals surface area (Å²) in [7, 11) is 0. The van der Waals surface area contributed by atoms with E-state index in [0.717, 1.165) is 25.7 Å². The molecule has 4 rings (SSSR count). The van der Waals surface area contributed by atoms with Crippen LogP contribution in [-0.4, -0.2) is 50.6 Å². The Kier molecular flexibility index (Phi) is 4.20. The van der Waals surface area contributed by atoms with E-state index in [-0.39, 0.29) is 29.0 Å². The van der Waals surface area contributed by atoms with Gasteiger partial charge in [0, 0.05) is 11.8 Å². The van der Waals surface area contributed by atoms with Crippen LogP contribution in [-0.2, 0) is 4.79 Å². The van der Waals surface area contributed by atoms with Crippen LogP contribution >= 0.6 is 0 Å². The van der Waals surface area contributed by atoms with E-state index in [1.165, 1.54) is 5.57 Å². The molecule has 0 saturated heterocycles. The van der Waals surface area contributed by atoms with Crippen molar-refractivity contribution >= 4 is 5.78 Å². The summed E-state index contributed by atoms with van der Waals surface area (Å²) < 4.78 is 0. The standard InChI is InChI=1S/C21H32O5/c1-19-7-5-13(23)9-12(19)3-4-14-15-6-8-21(26,17(25)11-22)20(15,2)10-16(24)18(14)19/h9,14-18,22,24-26H,3-8,10-11H2,1-2H3/t14-,15-,16+,17+,18+,19-,20-,21+/m0/s1. The Balaban J connectivity index is 1.72. The van der Waals surface area contributed by atoms with Crippen LogP contribution in [0, 0.1) is 28.6 Å². The van der Waals surface area contributed by atoms with Gasteiger partial charge in [0.1, 0.15) is 6.10 Å². The van der Waals surface area contributed by atoms with Crippen LogP contribution in [0.25, 0.3) is 0 Å². The van der Waals surface area contributed by atoms with Crippen LogP contribution < -0.4 is 0 Å². The molecule has 4 aliphatic rings. The molecule has 26 heavy (non-hydrogen) atoms. The van der Waals surface area contributed by atoms with Gasteiger partial charge in [-0.05, 0) is 67.8 Å². The molecule has 0 unspecified atom stereocenters. The van der Waals surface area contributed by atoms with E-state index in [9.17, 15) is 25.2 Å². The molecule has 3 saturated carbocycles. The molecule has 5 nitrogen and oxygen atoms in total. The maximum atomic E-state index is 11.9. The fourth-order valence-electron chi connectivity index (χ4n) is 7.42. The Labute approximate surface area is 155 Å². The second kappa shape index (κ2) is 5.87. The monoisotopic (exact) mass is 364 g/mol. The fourth-order valence-corrected chi connectivity index (χ4v) is 7.42. The number of aliphatic hydroxyl groups excluding tert-OH is 3. The third kappa shape index (κ3) is 2.20. The minimum Gasteiger partial charge on any atom is -0.394 e. The predicted molar refractivity (Wildman–Crippen MR) is 96.1 cm³/mol. The molecule has 5 heteroatoms. The molecule has 0 radical (unpaired) electrons. The number of rotatable bonds is 2. The fraction of sp³-hybridized carbons (Fsp3) is 0.857. The number of hydrogen-bond donors (Lipinski definition) is 4. The largest absolute Gasteiger partial charge is 0.394 e. The molecule has 0 aliphatic heterocycles. The molecule has 146 valence electrons. The first kappa shape index (κ1) is 18.6. The predicted octanol–water partition coefficient (Wildman–Crippen LogP) is 1.57. The average molecular weight is 364 g/mol. The third-order valence-electron chi connectivity index (χ3n) is 8.84. The number of carbonyl (C=O) groups is 1. The van der Waals surface area contributed by atoms with Crippen LogP contribution in [0.1, 0.15) is 58.8 Å². The lowest BCUT2D eigenvalue weighted by Crippen LogP contribution is -2.63. The Morgan fingerprint density at radius 1 is 1.23 bits per heavy atom. The summed E-state index contributed by atoms with van der Waals surface area (Å²) in [6.45, 7) is 3.73. The van der Waals surface area contributed by atoms with E-state index < -0.39 is 29.8 Å². The number of allylic oxidation sites excluding steroid dienone is 1. The highest BCUT2D eigenvalue weighted by Gasteiger charge is 2.67. The summed E-state index contributed by atoms with van der Waals surface area (Å²) in [5, 5.41) is 42.3. The lowest BCUT2D eigenvalue weighted by molar-refractivity contribution is -0.207. The molecule has 8 atom stereocenters. The molecule has 0 aromatic carbocycles. The van der Waals surface area contributed by atoms with E-state index in [1.54, 1.807) is 0 Å². The minimum atomic E-state index is -1.35. The summed E-state index contributed by atoms with van der Waals surface area (Å²) in [5.41, 5.74) is -0.898. The van der Waals surface area contributed by atoms with Crippen LogP contribution in [0.2, 0.25) is 0 Å². The first-order valence-corrected chi connectivity index (χ1v) is 10.1. The van der Waals surface area contributed by atoms with E-state index in [1.807, 2.05) is 13.0 Å². The van der Waals surface area contributed by atoms with Gasteiger partial charge in [0.05, 0.1) is 18.3 Å². The van der Waals surface area contributed by atoms with E-state index >= 15 is 0 Å². The summed E-state index contributed by atoms with van der Waals surface area (Å²) in [6, 6.07) is 0. The van der Waals surface area contributed by atoms with Gasteiger partial charge in [0.25, 0.3) is 0 Å². The molecular weight excluding hydrogens is 332 g/mol. The number of fused-ring (bicyclic) bond motifs is 5. The Hall–Kier alpha value is -0.750. The highest BCUT2D eigenvalue weighted by atomic mass is 16.4. The maximum Gasteiger partial charge on any atom is 0.155 e. The summed E-state index contributed by atoms with van der Waals surface area (Å²) in [5.74, 6) is 0.798. The van der Waals surface area contributed by atoms with Gasteiger partial charge in [-0.15, -0.1) is 0 Å². The van der Waals surface area contributed by atoms with Gasteiger partial charge >= 0.3 is 0 Å². The topological polar surface area (TPSA) is 98.0 Å². The number of ketones is 1. The molecule has 0 spiro atoms. The molecule has 4 N–H and O–H groups in total. The first-order valence-electron chi connectivity index (χ1n) is 10.1. The van der Waals surface area contributed by atoms with Crippen molar-refractivity contribution in [3.63, 3.8) is 0 Å². The highest BCUT2D eigenvalue weighted by Crippen LogP contribution is 2.67. The average Bonchev–Trinajstić information content (AvgIpc) is 2.86. The Morgan fingerprint density at radius 3 is 2.65 bits per heavy atom. The van der Waals surface area contributed by atoms with Crippen molar-refractivity contribution < 1.29 is 25.2 Å². The zero-order valence-electron chi connectivity index (χ0n) is 15.8. The highest BCUT2D eigenvalue weighted by molar-refractivity contribution is 5.91. The van der Waals surface area contributed by atoms with Gasteiger partial charge in [0.2, 0.25) is 0 Å². The van der Waals surface area contributed by atoms with E-state index in [2.05, 4.69) is 6.92 Å². The van der Waals surface area contributed by atoms with Crippen molar-refractivity contribution in [3.8, 4) is 0 Å². The number of aliphatic hydroxyl groups is 4. The zero-order valence-corrected chi connectivity index (χ0v) is 15.8. The molecule has 0 bridgehead atoms. The molecule has 0 aromatic rings. The van der Waals surface area contributed by atoms with Gasteiger partial charge in [-0.3, -0.25) is 4.79 Å². The summed E-state index contributed by atoms with van der Waals surface area (Å²) in [4.78, 5) is 11.9. The number of carbonyl (C=O) groups excluding carboxylic acids is 1. The normalized spacial score (nSPS) is 51.9. The van der Waals surface area contributed by atoms with E-state index in [0.29, 0.717) is 19.3 Å². The Morgan fingerprint density at radius 2 is 1.96 bits per heavy atom. The van der Waals surface area contributed by atoms with Crippen molar-refractivity contribution in [2.24, 2.45) is 28.6 Å². The van der Waals surface area contributed by atoms with Crippen LogP contribution in [0.4, 0.5) is 0 Å². The van der Waals surface area contributed by atoms with Gasteiger partial charge < -0.3 is 20.4 Å². The first-order chi connectivity index (χ1) is 12.2. The lowest BCUT2D eigenvalue weighted by atomic mass is 9.45. The zero-order chi connectivity index (χ0) is 18.9. The van der Waals surface area contributed by atoms with Gasteiger partial charge in [-0.25, -0.2) is 0 Å².